The third kappa shape index (κ3) is 2.20. The maximum atomic E-state index is 11.7. The second-order valence-electron chi connectivity index (χ2n) is 4.35. The zero-order chi connectivity index (χ0) is 9.42. The minimum Gasteiger partial charge on any atom is -0.341 e. The smallest absolute Gasteiger partial charge is 0.225 e. The highest BCUT2D eigenvalue weighted by atomic mass is 35.5. The number of carbonyl (C=O) groups is 1. The van der Waals surface area contributed by atoms with Gasteiger partial charge in [0, 0.05) is 25.0 Å². The molecule has 0 aromatic heterocycles. The highest BCUT2D eigenvalue weighted by molar-refractivity contribution is 5.85. The van der Waals surface area contributed by atoms with Gasteiger partial charge in [0.1, 0.15) is 0 Å². The van der Waals surface area contributed by atoms with E-state index in [1.807, 2.05) is 4.90 Å². The van der Waals surface area contributed by atoms with Crippen LogP contribution < -0.4 is 5.73 Å². The molecule has 2 N–H and O–H groups in total. The largest absolute Gasteiger partial charge is 0.341 e. The summed E-state index contributed by atoms with van der Waals surface area (Å²) in [6, 6.07) is 0.215. The van der Waals surface area contributed by atoms with E-state index in [1.165, 1.54) is 0 Å². The summed E-state index contributed by atoms with van der Waals surface area (Å²) in [5.41, 5.74) is 5.94. The van der Waals surface area contributed by atoms with Crippen LogP contribution in [0.15, 0.2) is 0 Å². The molecule has 2 aliphatic rings. The van der Waals surface area contributed by atoms with E-state index in [2.05, 4.69) is 6.92 Å². The van der Waals surface area contributed by atoms with Crippen molar-refractivity contribution in [2.45, 2.75) is 32.2 Å². The Labute approximate surface area is 91.4 Å². The normalized spacial score (nSPS) is 31.4. The van der Waals surface area contributed by atoms with Crippen LogP contribution in [0.1, 0.15) is 26.2 Å². The average molecular weight is 219 g/mol. The van der Waals surface area contributed by atoms with Crippen molar-refractivity contribution in [1.82, 2.24) is 4.90 Å². The Bertz CT molecular complexity index is 218. The lowest BCUT2D eigenvalue weighted by Crippen LogP contribution is -2.33. The van der Waals surface area contributed by atoms with E-state index in [1.54, 1.807) is 0 Å². The van der Waals surface area contributed by atoms with Gasteiger partial charge >= 0.3 is 0 Å². The zero-order valence-corrected chi connectivity index (χ0v) is 9.43. The number of amides is 1. The summed E-state index contributed by atoms with van der Waals surface area (Å²) in [4.78, 5) is 13.7. The fraction of sp³-hybridized carbons (Fsp3) is 0.900. The molecule has 0 radical (unpaired) electrons. The third-order valence-electron chi connectivity index (χ3n) is 3.25. The molecule has 0 unspecified atom stereocenters. The first-order valence-electron chi connectivity index (χ1n) is 5.26. The molecule has 1 saturated carbocycles. The van der Waals surface area contributed by atoms with Crippen LogP contribution in [0.5, 0.6) is 0 Å². The molecule has 4 heteroatoms. The monoisotopic (exact) mass is 218 g/mol. The fourth-order valence-corrected chi connectivity index (χ4v) is 2.10. The number of hydrogen-bond donors (Lipinski definition) is 1. The van der Waals surface area contributed by atoms with Crippen molar-refractivity contribution in [1.29, 1.82) is 0 Å². The lowest BCUT2D eigenvalue weighted by Gasteiger charge is -2.15. The quantitative estimate of drug-likeness (QED) is 0.752. The molecule has 1 aliphatic heterocycles. The van der Waals surface area contributed by atoms with Crippen LogP contribution in [0.3, 0.4) is 0 Å². The van der Waals surface area contributed by atoms with Gasteiger partial charge in [-0.3, -0.25) is 4.79 Å². The van der Waals surface area contributed by atoms with Gasteiger partial charge in [-0.1, -0.05) is 13.3 Å². The van der Waals surface area contributed by atoms with E-state index in [0.717, 1.165) is 32.4 Å². The van der Waals surface area contributed by atoms with Crippen molar-refractivity contribution in [3.63, 3.8) is 0 Å². The van der Waals surface area contributed by atoms with Gasteiger partial charge in [0.05, 0.1) is 0 Å². The molecule has 0 spiro atoms. The first-order valence-corrected chi connectivity index (χ1v) is 5.26. The Kier molecular flexibility index (Phi) is 3.78. The van der Waals surface area contributed by atoms with E-state index < -0.39 is 0 Å². The SMILES string of the molecule is CC[C@@H]1CN(C(=O)C2CC2)C[C@H]1N.Cl. The topological polar surface area (TPSA) is 46.3 Å². The molecule has 82 valence electrons. The molecule has 2 fully saturated rings. The van der Waals surface area contributed by atoms with Crippen molar-refractivity contribution in [2.75, 3.05) is 13.1 Å². The summed E-state index contributed by atoms with van der Waals surface area (Å²) in [5.74, 6) is 1.23. The lowest BCUT2D eigenvalue weighted by molar-refractivity contribution is -0.131. The second kappa shape index (κ2) is 4.49. The summed E-state index contributed by atoms with van der Waals surface area (Å²) in [6.45, 7) is 3.83. The highest BCUT2D eigenvalue weighted by Gasteiger charge is 2.38. The summed E-state index contributed by atoms with van der Waals surface area (Å²) in [5, 5.41) is 0. The molecular formula is C10H19ClN2O. The second-order valence-corrected chi connectivity index (χ2v) is 4.35. The van der Waals surface area contributed by atoms with Gasteiger partial charge in [-0.05, 0) is 18.8 Å². The molecule has 0 aromatic rings. The Morgan fingerprint density at radius 2 is 2.07 bits per heavy atom. The molecule has 1 saturated heterocycles. The molecule has 1 aliphatic carbocycles. The van der Waals surface area contributed by atoms with Crippen molar-refractivity contribution < 1.29 is 4.79 Å². The number of nitrogens with two attached hydrogens (primary N) is 1. The number of halogens is 1. The van der Waals surface area contributed by atoms with E-state index >= 15 is 0 Å². The molecule has 14 heavy (non-hydrogen) atoms. The van der Waals surface area contributed by atoms with Crippen molar-refractivity contribution in [3.05, 3.63) is 0 Å². The molecule has 2 atom stereocenters. The Hall–Kier alpha value is -0.280. The maximum Gasteiger partial charge on any atom is 0.225 e. The third-order valence-corrected chi connectivity index (χ3v) is 3.25. The molecule has 0 aromatic carbocycles. The van der Waals surface area contributed by atoms with E-state index in [0.29, 0.717) is 17.7 Å². The average Bonchev–Trinajstić information content (AvgIpc) is 2.89. The number of likely N-dealkylation sites (tertiary alicyclic amines) is 1. The van der Waals surface area contributed by atoms with Crippen LogP contribution in [0.4, 0.5) is 0 Å². The molecule has 3 nitrogen and oxygen atoms in total. The van der Waals surface area contributed by atoms with E-state index in [9.17, 15) is 4.79 Å². The van der Waals surface area contributed by atoms with Gasteiger partial charge < -0.3 is 10.6 Å². The molecule has 1 heterocycles. The van der Waals surface area contributed by atoms with Crippen molar-refractivity contribution in [3.8, 4) is 0 Å². The summed E-state index contributed by atoms with van der Waals surface area (Å²) < 4.78 is 0. The lowest BCUT2D eigenvalue weighted by atomic mass is 10.0. The molecule has 1 amide bonds. The van der Waals surface area contributed by atoms with Gasteiger partial charge in [0.25, 0.3) is 0 Å². The van der Waals surface area contributed by atoms with Crippen molar-refractivity contribution >= 4 is 18.3 Å². The van der Waals surface area contributed by atoms with Crippen LogP contribution in [-0.4, -0.2) is 29.9 Å². The number of rotatable bonds is 2. The highest BCUT2D eigenvalue weighted by Crippen LogP contribution is 2.33. The summed E-state index contributed by atoms with van der Waals surface area (Å²) in [7, 11) is 0. The van der Waals surface area contributed by atoms with Gasteiger partial charge in [0.15, 0.2) is 0 Å². The summed E-state index contributed by atoms with van der Waals surface area (Å²) in [6.07, 6.45) is 3.29. The Balaban J connectivity index is 0.000000980. The number of nitrogens with zero attached hydrogens (tertiary/aromatic N) is 1. The van der Waals surface area contributed by atoms with Crippen LogP contribution in [0.2, 0.25) is 0 Å². The van der Waals surface area contributed by atoms with Gasteiger partial charge in [-0.2, -0.15) is 0 Å². The van der Waals surface area contributed by atoms with E-state index in [4.69, 9.17) is 5.73 Å². The fourth-order valence-electron chi connectivity index (χ4n) is 2.10. The van der Waals surface area contributed by atoms with Crippen LogP contribution in [0, 0.1) is 11.8 Å². The first-order chi connectivity index (χ1) is 6.22. The van der Waals surface area contributed by atoms with Crippen LogP contribution in [-0.2, 0) is 4.79 Å². The molecular weight excluding hydrogens is 200 g/mol. The zero-order valence-electron chi connectivity index (χ0n) is 8.61. The van der Waals surface area contributed by atoms with Gasteiger partial charge in [-0.15, -0.1) is 12.4 Å². The van der Waals surface area contributed by atoms with E-state index in [-0.39, 0.29) is 18.4 Å². The standard InChI is InChI=1S/C10H18N2O.ClH/c1-2-7-5-12(6-9(7)11)10(13)8-3-4-8;/h7-9H,2-6,11H2,1H3;1H/t7-,9-;/m1./s1. The number of carbonyl (C=O) groups excluding carboxylic acids is 1. The first kappa shape index (κ1) is 11.8. The van der Waals surface area contributed by atoms with Gasteiger partial charge in [-0.25, -0.2) is 0 Å². The van der Waals surface area contributed by atoms with Crippen LogP contribution in [0.25, 0.3) is 0 Å². The minimum absolute atomic E-state index is 0. The van der Waals surface area contributed by atoms with Crippen molar-refractivity contribution in [2.24, 2.45) is 17.6 Å². The predicted octanol–water partition coefficient (Wildman–Crippen LogP) is 1.01. The number of hydrogen-bond acceptors (Lipinski definition) is 2. The van der Waals surface area contributed by atoms with Crippen LogP contribution >= 0.6 is 12.4 Å². The molecule has 0 bridgehead atoms. The van der Waals surface area contributed by atoms with Gasteiger partial charge in [0.2, 0.25) is 5.91 Å². The predicted molar refractivity (Wildman–Crippen MR) is 58.3 cm³/mol. The Morgan fingerprint density at radius 3 is 2.50 bits per heavy atom. The minimum atomic E-state index is 0. The maximum absolute atomic E-state index is 11.7. The summed E-state index contributed by atoms with van der Waals surface area (Å²) >= 11 is 0. The molecule has 2 rings (SSSR count). The Morgan fingerprint density at radius 1 is 1.43 bits per heavy atom.